The van der Waals surface area contributed by atoms with Gasteiger partial charge in [-0.15, -0.1) is 0 Å². The Morgan fingerprint density at radius 2 is 1.64 bits per heavy atom. The van der Waals surface area contributed by atoms with Crippen LogP contribution in [-0.2, 0) is 4.74 Å². The molecule has 144 valence electrons. The van der Waals surface area contributed by atoms with Gasteiger partial charge in [0.05, 0.1) is 13.2 Å². The number of hydrogen-bond donors (Lipinski definition) is 2. The number of anilines is 4. The van der Waals surface area contributed by atoms with Crippen molar-refractivity contribution in [2.75, 3.05) is 48.9 Å². The molecule has 0 saturated carbocycles. The zero-order valence-corrected chi connectivity index (χ0v) is 16.6. The third-order valence-corrected chi connectivity index (χ3v) is 5.44. The highest BCUT2D eigenvalue weighted by Crippen LogP contribution is 2.28. The van der Waals surface area contributed by atoms with Crippen LogP contribution in [0, 0.1) is 0 Å². The van der Waals surface area contributed by atoms with Crippen molar-refractivity contribution < 1.29 is 4.74 Å². The lowest BCUT2D eigenvalue weighted by Crippen LogP contribution is -2.36. The van der Waals surface area contributed by atoms with Crippen LogP contribution in [0.2, 0.25) is 0 Å². The first-order valence-corrected chi connectivity index (χ1v) is 10.1. The molecule has 7 heteroatoms. The molecular formula is C21H23N5OS. The van der Waals surface area contributed by atoms with Crippen LogP contribution < -0.4 is 15.5 Å². The standard InChI is InChI=1S/C21H23N5OS/c1-22-16-4-8-19(9-5-16)28-20-10-11-23-21(25-20)24-17-2-6-18(7-3-17)26-12-14-27-15-13-26/h2-11,22H,12-15H2,1H3,(H,23,24,25). The van der Waals surface area contributed by atoms with Crippen LogP contribution in [0.4, 0.5) is 23.0 Å². The normalized spacial score (nSPS) is 14.0. The van der Waals surface area contributed by atoms with E-state index < -0.39 is 0 Å². The van der Waals surface area contributed by atoms with E-state index in [1.807, 2.05) is 13.1 Å². The average Bonchev–Trinajstić information content (AvgIpc) is 2.76. The Morgan fingerprint density at radius 1 is 0.929 bits per heavy atom. The fraction of sp³-hybridized carbons (Fsp3) is 0.238. The molecule has 0 atom stereocenters. The van der Waals surface area contributed by atoms with Crippen LogP contribution in [0.1, 0.15) is 0 Å². The number of morpholine rings is 1. The van der Waals surface area contributed by atoms with Crippen molar-refractivity contribution in [3.05, 3.63) is 60.8 Å². The molecule has 1 fully saturated rings. The Balaban J connectivity index is 1.41. The Labute approximate surface area is 169 Å². The molecule has 28 heavy (non-hydrogen) atoms. The van der Waals surface area contributed by atoms with E-state index >= 15 is 0 Å². The van der Waals surface area contributed by atoms with Crippen LogP contribution in [0.25, 0.3) is 0 Å². The molecule has 1 aliphatic rings. The highest BCUT2D eigenvalue weighted by molar-refractivity contribution is 7.99. The van der Waals surface area contributed by atoms with E-state index in [0.29, 0.717) is 5.95 Å². The number of ether oxygens (including phenoxy) is 1. The molecule has 0 aliphatic carbocycles. The predicted molar refractivity (Wildman–Crippen MR) is 115 cm³/mol. The molecule has 2 aromatic carbocycles. The van der Waals surface area contributed by atoms with Gasteiger partial charge in [-0.25, -0.2) is 9.97 Å². The summed E-state index contributed by atoms with van der Waals surface area (Å²) in [5, 5.41) is 7.32. The van der Waals surface area contributed by atoms with Gasteiger partial charge in [-0.05, 0) is 54.6 Å². The summed E-state index contributed by atoms with van der Waals surface area (Å²) in [6.45, 7) is 3.45. The van der Waals surface area contributed by atoms with E-state index in [4.69, 9.17) is 4.74 Å². The van der Waals surface area contributed by atoms with Crippen molar-refractivity contribution >= 4 is 34.8 Å². The van der Waals surface area contributed by atoms with Gasteiger partial charge in [0.25, 0.3) is 0 Å². The molecule has 0 radical (unpaired) electrons. The van der Waals surface area contributed by atoms with E-state index in [-0.39, 0.29) is 0 Å². The highest BCUT2D eigenvalue weighted by Gasteiger charge is 2.11. The van der Waals surface area contributed by atoms with Crippen molar-refractivity contribution in [1.82, 2.24) is 9.97 Å². The number of benzene rings is 2. The second kappa shape index (κ2) is 8.95. The molecular weight excluding hydrogens is 370 g/mol. The first kappa shape index (κ1) is 18.6. The maximum atomic E-state index is 5.41. The largest absolute Gasteiger partial charge is 0.388 e. The number of aromatic nitrogens is 2. The zero-order valence-electron chi connectivity index (χ0n) is 15.8. The number of rotatable bonds is 6. The van der Waals surface area contributed by atoms with E-state index in [0.717, 1.165) is 47.6 Å². The summed E-state index contributed by atoms with van der Waals surface area (Å²) < 4.78 is 5.41. The first-order valence-electron chi connectivity index (χ1n) is 9.29. The first-order chi connectivity index (χ1) is 13.8. The molecule has 0 bridgehead atoms. The molecule has 1 saturated heterocycles. The van der Waals surface area contributed by atoms with E-state index in [1.54, 1.807) is 18.0 Å². The SMILES string of the molecule is CNc1ccc(Sc2ccnc(Nc3ccc(N4CCOCC4)cc3)n2)cc1. The lowest BCUT2D eigenvalue weighted by Gasteiger charge is -2.28. The van der Waals surface area contributed by atoms with Crippen molar-refractivity contribution in [2.45, 2.75) is 9.92 Å². The zero-order chi connectivity index (χ0) is 19.2. The average molecular weight is 394 g/mol. The molecule has 1 aliphatic heterocycles. The molecule has 0 spiro atoms. The summed E-state index contributed by atoms with van der Waals surface area (Å²) in [4.78, 5) is 12.4. The smallest absolute Gasteiger partial charge is 0.228 e. The second-order valence-corrected chi connectivity index (χ2v) is 7.46. The second-order valence-electron chi connectivity index (χ2n) is 6.37. The quantitative estimate of drug-likeness (QED) is 0.607. The Hall–Kier alpha value is -2.77. The lowest BCUT2D eigenvalue weighted by atomic mass is 10.2. The van der Waals surface area contributed by atoms with Crippen molar-refractivity contribution in [3.63, 3.8) is 0 Å². The number of nitrogens with zero attached hydrogens (tertiary/aromatic N) is 3. The van der Waals surface area contributed by atoms with Crippen LogP contribution in [0.5, 0.6) is 0 Å². The van der Waals surface area contributed by atoms with Gasteiger partial charge in [0, 0.05) is 48.3 Å². The van der Waals surface area contributed by atoms with Crippen LogP contribution in [-0.4, -0.2) is 43.3 Å². The molecule has 0 amide bonds. The molecule has 3 aromatic rings. The number of hydrogen-bond acceptors (Lipinski definition) is 7. The maximum absolute atomic E-state index is 5.41. The molecule has 6 nitrogen and oxygen atoms in total. The molecule has 2 N–H and O–H groups in total. The minimum Gasteiger partial charge on any atom is -0.388 e. The predicted octanol–water partition coefficient (Wildman–Crippen LogP) is 4.25. The summed E-state index contributed by atoms with van der Waals surface area (Å²) in [7, 11) is 1.91. The van der Waals surface area contributed by atoms with Crippen molar-refractivity contribution in [3.8, 4) is 0 Å². The van der Waals surface area contributed by atoms with Gasteiger partial charge >= 0.3 is 0 Å². The summed E-state index contributed by atoms with van der Waals surface area (Å²) in [5.41, 5.74) is 3.27. The summed E-state index contributed by atoms with van der Waals surface area (Å²) in [6, 6.07) is 18.5. The third-order valence-electron chi connectivity index (χ3n) is 4.50. The topological polar surface area (TPSA) is 62.3 Å². The minimum absolute atomic E-state index is 0.593. The van der Waals surface area contributed by atoms with E-state index in [2.05, 4.69) is 74.0 Å². The van der Waals surface area contributed by atoms with Gasteiger partial charge in [0.15, 0.2) is 0 Å². The van der Waals surface area contributed by atoms with Gasteiger partial charge < -0.3 is 20.3 Å². The lowest BCUT2D eigenvalue weighted by molar-refractivity contribution is 0.122. The third kappa shape index (κ3) is 4.74. The Bertz CT molecular complexity index is 895. The maximum Gasteiger partial charge on any atom is 0.228 e. The van der Waals surface area contributed by atoms with Crippen LogP contribution in [0.15, 0.2) is 70.7 Å². The number of nitrogens with one attached hydrogen (secondary N) is 2. The van der Waals surface area contributed by atoms with Crippen molar-refractivity contribution in [2.24, 2.45) is 0 Å². The Kier molecular flexibility index (Phi) is 5.94. The molecule has 0 unspecified atom stereocenters. The fourth-order valence-corrected chi connectivity index (χ4v) is 3.75. The van der Waals surface area contributed by atoms with E-state index in [1.165, 1.54) is 5.69 Å². The summed E-state index contributed by atoms with van der Waals surface area (Å²) >= 11 is 1.62. The minimum atomic E-state index is 0.593. The van der Waals surface area contributed by atoms with Gasteiger partial charge in [-0.1, -0.05) is 11.8 Å². The fourth-order valence-electron chi connectivity index (χ4n) is 2.98. The summed E-state index contributed by atoms with van der Waals surface area (Å²) in [5.74, 6) is 0.593. The summed E-state index contributed by atoms with van der Waals surface area (Å²) in [6.07, 6.45) is 1.78. The van der Waals surface area contributed by atoms with E-state index in [9.17, 15) is 0 Å². The van der Waals surface area contributed by atoms with Gasteiger partial charge in [0.1, 0.15) is 5.03 Å². The van der Waals surface area contributed by atoms with Gasteiger partial charge in [-0.3, -0.25) is 0 Å². The highest BCUT2D eigenvalue weighted by atomic mass is 32.2. The Morgan fingerprint density at radius 3 is 2.36 bits per heavy atom. The molecule has 1 aromatic heterocycles. The van der Waals surface area contributed by atoms with Gasteiger partial charge in [-0.2, -0.15) is 0 Å². The molecule has 4 rings (SSSR count). The monoisotopic (exact) mass is 393 g/mol. The van der Waals surface area contributed by atoms with Crippen molar-refractivity contribution in [1.29, 1.82) is 0 Å². The molecule has 2 heterocycles. The van der Waals surface area contributed by atoms with Gasteiger partial charge in [0.2, 0.25) is 5.95 Å². The van der Waals surface area contributed by atoms with Crippen LogP contribution >= 0.6 is 11.8 Å². The van der Waals surface area contributed by atoms with Crippen LogP contribution in [0.3, 0.4) is 0 Å².